The fourth-order valence-corrected chi connectivity index (χ4v) is 8.60. The number of hydrogen-bond donors (Lipinski definition) is 0. The monoisotopic (exact) mass is 629 g/mol. The van der Waals surface area contributed by atoms with Crippen LogP contribution in [-0.4, -0.2) is 59.2 Å². The van der Waals surface area contributed by atoms with Gasteiger partial charge in [0.25, 0.3) is 0 Å². The first-order valence-corrected chi connectivity index (χ1v) is 16.8. The van der Waals surface area contributed by atoms with Crippen molar-refractivity contribution in [3.63, 3.8) is 0 Å². The van der Waals surface area contributed by atoms with Crippen LogP contribution in [0, 0.1) is 54.6 Å². The van der Waals surface area contributed by atoms with Gasteiger partial charge in [0, 0.05) is 56.0 Å². The first-order chi connectivity index (χ1) is 22.2. The third-order valence-corrected chi connectivity index (χ3v) is 10.8. The highest BCUT2D eigenvalue weighted by molar-refractivity contribution is 5.69. The summed E-state index contributed by atoms with van der Waals surface area (Å²) < 4.78 is 38.0. The number of anilines is 1. The van der Waals surface area contributed by atoms with Crippen molar-refractivity contribution < 1.29 is 18.3 Å². The van der Waals surface area contributed by atoms with Crippen LogP contribution >= 0.6 is 0 Å². The average molecular weight is 630 g/mol. The lowest BCUT2D eigenvalue weighted by Gasteiger charge is -2.51. The Morgan fingerprint density at radius 2 is 1.87 bits per heavy atom. The molecule has 2 saturated heterocycles. The Bertz CT molecular complexity index is 1590. The molecule has 3 aliphatic rings. The summed E-state index contributed by atoms with van der Waals surface area (Å²) in [5.41, 5.74) is 2.40. The Balaban J connectivity index is 1.24. The minimum absolute atomic E-state index is 0.0611. The van der Waals surface area contributed by atoms with Crippen LogP contribution in [0.1, 0.15) is 68.1 Å². The number of aromatic nitrogens is 2. The second kappa shape index (κ2) is 13.5. The minimum atomic E-state index is -0.443. The Labute approximate surface area is 271 Å². The standard InChI is InChI=1S/C37H45F2N5O2/c1-4-36(45)46-35-10-6-9-32(35)37(30-7-5-8-31(38)18-30,24-44-20-25(2)41-26(44)3)29-13-15-42(16-14-29)21-28-22-43(23-28)34-12-11-27(19-40)17-33(34)39/h5,7-8,11-12,17-18,20,28-29,32,35H,4,6,9-10,13-16,21-24H2,1-3H3/t32-,35-,37-/m0/s1. The number of hydrogen-bond acceptors (Lipinski definition) is 6. The number of halogens is 2. The highest BCUT2D eigenvalue weighted by Gasteiger charge is 2.53. The van der Waals surface area contributed by atoms with Gasteiger partial charge in [0.05, 0.1) is 23.0 Å². The zero-order valence-corrected chi connectivity index (χ0v) is 27.2. The van der Waals surface area contributed by atoms with Gasteiger partial charge in [-0.3, -0.25) is 4.79 Å². The van der Waals surface area contributed by atoms with Crippen molar-refractivity contribution in [2.75, 3.05) is 37.6 Å². The number of piperidine rings is 1. The molecule has 0 amide bonds. The molecule has 0 bridgehead atoms. The first kappa shape index (κ1) is 32.2. The van der Waals surface area contributed by atoms with Crippen LogP contribution in [0.15, 0.2) is 48.7 Å². The molecule has 0 N–H and O–H groups in total. The normalized spacial score (nSPS) is 22.3. The van der Waals surface area contributed by atoms with Gasteiger partial charge in [-0.1, -0.05) is 19.1 Å². The highest BCUT2D eigenvalue weighted by atomic mass is 19.1. The average Bonchev–Trinajstić information content (AvgIpc) is 3.62. The third-order valence-electron chi connectivity index (χ3n) is 10.8. The predicted octanol–water partition coefficient (Wildman–Crippen LogP) is 6.56. The molecular weight excluding hydrogens is 584 g/mol. The molecule has 3 atom stereocenters. The van der Waals surface area contributed by atoms with Gasteiger partial charge < -0.3 is 19.1 Å². The summed E-state index contributed by atoms with van der Waals surface area (Å²) in [5.74, 6) is 0.935. The summed E-state index contributed by atoms with van der Waals surface area (Å²) in [6.07, 6.45) is 6.86. The number of carbonyl (C=O) groups excluding carboxylic acids is 1. The van der Waals surface area contributed by atoms with E-state index >= 15 is 4.39 Å². The Kier molecular flexibility index (Phi) is 9.47. The molecule has 46 heavy (non-hydrogen) atoms. The molecule has 244 valence electrons. The van der Waals surface area contributed by atoms with E-state index in [0.29, 0.717) is 30.1 Å². The highest BCUT2D eigenvalue weighted by Crippen LogP contribution is 2.52. The molecule has 0 radical (unpaired) electrons. The fraction of sp³-hybridized carbons (Fsp3) is 0.541. The molecule has 3 fully saturated rings. The van der Waals surface area contributed by atoms with Gasteiger partial charge in [-0.2, -0.15) is 5.26 Å². The van der Waals surface area contributed by atoms with Crippen molar-refractivity contribution in [1.29, 1.82) is 5.26 Å². The van der Waals surface area contributed by atoms with Gasteiger partial charge in [-0.25, -0.2) is 13.8 Å². The van der Waals surface area contributed by atoms with E-state index in [1.54, 1.807) is 18.2 Å². The zero-order chi connectivity index (χ0) is 32.4. The number of ether oxygens (including phenoxy) is 1. The second-order valence-corrected chi connectivity index (χ2v) is 13.7. The Hall–Kier alpha value is -3.77. The third kappa shape index (κ3) is 6.42. The van der Waals surface area contributed by atoms with E-state index in [9.17, 15) is 9.18 Å². The van der Waals surface area contributed by atoms with Crippen molar-refractivity contribution in [2.45, 2.75) is 77.4 Å². The molecule has 7 nitrogen and oxygen atoms in total. The van der Waals surface area contributed by atoms with Gasteiger partial charge >= 0.3 is 5.97 Å². The first-order valence-electron chi connectivity index (χ1n) is 16.8. The molecule has 0 unspecified atom stereocenters. The lowest BCUT2D eigenvalue weighted by molar-refractivity contribution is -0.152. The molecule has 1 aliphatic carbocycles. The van der Waals surface area contributed by atoms with E-state index < -0.39 is 5.41 Å². The van der Waals surface area contributed by atoms with E-state index in [1.807, 2.05) is 32.9 Å². The summed E-state index contributed by atoms with van der Waals surface area (Å²) >= 11 is 0. The number of imidazole rings is 1. The van der Waals surface area contributed by atoms with Crippen LogP contribution < -0.4 is 4.90 Å². The lowest BCUT2D eigenvalue weighted by atomic mass is 9.58. The van der Waals surface area contributed by atoms with Crippen LogP contribution in [0.3, 0.4) is 0 Å². The van der Waals surface area contributed by atoms with Crippen molar-refractivity contribution >= 4 is 11.7 Å². The molecule has 6 rings (SSSR count). The summed E-state index contributed by atoms with van der Waals surface area (Å²) in [6, 6.07) is 13.8. The van der Waals surface area contributed by atoms with E-state index in [1.165, 1.54) is 12.1 Å². The smallest absolute Gasteiger partial charge is 0.305 e. The van der Waals surface area contributed by atoms with Crippen molar-refractivity contribution in [3.05, 3.63) is 82.9 Å². The fourth-order valence-electron chi connectivity index (χ4n) is 8.60. The van der Waals surface area contributed by atoms with E-state index in [0.717, 1.165) is 81.9 Å². The van der Waals surface area contributed by atoms with Crippen molar-refractivity contribution in [2.24, 2.45) is 17.8 Å². The van der Waals surface area contributed by atoms with Crippen LogP contribution in [0.25, 0.3) is 0 Å². The van der Waals surface area contributed by atoms with Gasteiger partial charge in [0.15, 0.2) is 0 Å². The van der Waals surface area contributed by atoms with Gasteiger partial charge in [0.2, 0.25) is 0 Å². The number of benzene rings is 2. The predicted molar refractivity (Wildman–Crippen MR) is 173 cm³/mol. The molecule has 1 aromatic heterocycles. The molecule has 2 aromatic carbocycles. The molecule has 2 aliphatic heterocycles. The van der Waals surface area contributed by atoms with Crippen molar-refractivity contribution in [3.8, 4) is 6.07 Å². The molecule has 9 heteroatoms. The van der Waals surface area contributed by atoms with Crippen LogP contribution in [-0.2, 0) is 21.5 Å². The number of carbonyl (C=O) groups is 1. The minimum Gasteiger partial charge on any atom is -0.462 e. The largest absolute Gasteiger partial charge is 0.462 e. The summed E-state index contributed by atoms with van der Waals surface area (Å²) in [5, 5.41) is 9.06. The maximum absolute atomic E-state index is 15.0. The number of aryl methyl sites for hydroxylation is 2. The van der Waals surface area contributed by atoms with Crippen LogP contribution in [0.2, 0.25) is 0 Å². The Morgan fingerprint density at radius 3 is 2.52 bits per heavy atom. The van der Waals surface area contributed by atoms with E-state index in [4.69, 9.17) is 15.0 Å². The zero-order valence-electron chi connectivity index (χ0n) is 27.2. The number of likely N-dealkylation sites (tertiary alicyclic amines) is 1. The molecule has 3 aromatic rings. The second-order valence-electron chi connectivity index (χ2n) is 13.7. The summed E-state index contributed by atoms with van der Waals surface area (Å²) in [7, 11) is 0. The topological polar surface area (TPSA) is 74.4 Å². The number of nitriles is 1. The molecule has 3 heterocycles. The molecular formula is C37H45F2N5O2. The van der Waals surface area contributed by atoms with Crippen molar-refractivity contribution in [1.82, 2.24) is 14.5 Å². The SMILES string of the molecule is CCC(=O)O[C@H]1CCC[C@@H]1[C@](Cn1cc(C)nc1C)(c1cccc(F)c1)C1CCN(CC2CN(c3ccc(C#N)cc3F)C2)CC1. The van der Waals surface area contributed by atoms with Gasteiger partial charge in [0.1, 0.15) is 23.6 Å². The van der Waals surface area contributed by atoms with Crippen LogP contribution in [0.5, 0.6) is 0 Å². The quantitative estimate of drug-likeness (QED) is 0.237. The Morgan fingerprint density at radius 1 is 1.09 bits per heavy atom. The summed E-state index contributed by atoms with van der Waals surface area (Å²) in [6.45, 7) is 10.9. The summed E-state index contributed by atoms with van der Waals surface area (Å²) in [4.78, 5) is 21.9. The maximum atomic E-state index is 15.0. The molecule has 0 spiro atoms. The maximum Gasteiger partial charge on any atom is 0.305 e. The van der Waals surface area contributed by atoms with Crippen LogP contribution in [0.4, 0.5) is 14.5 Å². The number of esters is 1. The lowest BCUT2D eigenvalue weighted by Crippen LogP contribution is -2.55. The van der Waals surface area contributed by atoms with E-state index in [2.05, 4.69) is 26.6 Å². The van der Waals surface area contributed by atoms with Gasteiger partial charge in [-0.15, -0.1) is 0 Å². The number of rotatable bonds is 10. The van der Waals surface area contributed by atoms with E-state index in [-0.39, 0.29) is 35.5 Å². The molecule has 1 saturated carbocycles. The van der Waals surface area contributed by atoms with Gasteiger partial charge in [-0.05, 0) is 101 Å². The number of nitrogens with zero attached hydrogens (tertiary/aromatic N) is 5.